The van der Waals surface area contributed by atoms with E-state index in [4.69, 9.17) is 0 Å². The number of hydrogen-bond acceptors (Lipinski definition) is 0. The minimum absolute atomic E-state index is 0. The van der Waals surface area contributed by atoms with Crippen LogP contribution in [0.3, 0.4) is 0 Å². The summed E-state index contributed by atoms with van der Waals surface area (Å²) < 4.78 is 2.96. The first-order valence-electron chi connectivity index (χ1n) is 4.20. The van der Waals surface area contributed by atoms with Crippen LogP contribution in [-0.2, 0) is 0 Å². The molecule has 2 rings (SSSR count). The van der Waals surface area contributed by atoms with Crippen molar-refractivity contribution in [1.29, 1.82) is 0 Å². The van der Waals surface area contributed by atoms with Gasteiger partial charge in [0.1, 0.15) is 0 Å². The molecular weight excluding hydrogens is 507 g/mol. The van der Waals surface area contributed by atoms with Crippen LogP contribution >= 0.6 is 0 Å². The molecule has 0 saturated carbocycles. The van der Waals surface area contributed by atoms with Crippen LogP contribution in [0.2, 0.25) is 0 Å². The molecule has 2 aromatic carbocycles. The first kappa shape index (κ1) is 36.6. The quantitative estimate of drug-likeness (QED) is 0.211. The van der Waals surface area contributed by atoms with Crippen molar-refractivity contribution in [3.63, 3.8) is 0 Å². The van der Waals surface area contributed by atoms with Gasteiger partial charge < -0.3 is 28.2 Å². The summed E-state index contributed by atoms with van der Waals surface area (Å²) in [5.41, 5.74) is 0. The molecule has 0 aliphatic rings. The van der Waals surface area contributed by atoms with E-state index in [0.29, 0.717) is 0 Å². The Morgan fingerprint density at radius 1 is 0.450 bits per heavy atom. The van der Waals surface area contributed by atoms with Crippen molar-refractivity contribution in [1.82, 2.24) is 0 Å². The monoisotopic (exact) mass is 516 g/mol. The molecule has 0 heterocycles. The van der Waals surface area contributed by atoms with Crippen LogP contribution in [0, 0.1) is 7.14 Å². The third-order valence-corrected chi connectivity index (χ3v) is 4.37. The van der Waals surface area contributed by atoms with E-state index in [0.717, 1.165) is 0 Å². The number of hydrogen-bond donors (Lipinski definition) is 0. The van der Waals surface area contributed by atoms with Gasteiger partial charge in [-0.15, -0.1) is 0 Å². The van der Waals surface area contributed by atoms with Crippen LogP contribution < -0.4 is 49.4 Å². The van der Waals surface area contributed by atoms with Gasteiger partial charge in [-0.05, 0) is 24.3 Å². The van der Waals surface area contributed by atoms with Gasteiger partial charge in [0.25, 0.3) is 0 Å². The summed E-state index contributed by atoms with van der Waals surface area (Å²) in [7, 11) is 0. The first-order valence-corrected chi connectivity index (χ1v) is 6.36. The van der Waals surface area contributed by atoms with E-state index >= 15 is 0 Å². The second-order valence-electron chi connectivity index (χ2n) is 2.69. The predicted molar refractivity (Wildman–Crippen MR) is 56.0 cm³/mol. The van der Waals surface area contributed by atoms with Crippen LogP contribution in [-0.4, -0.2) is 24.4 Å². The molecule has 0 bridgehead atoms. The fraction of sp³-hybridized carbons (Fsp3) is 0. The van der Waals surface area contributed by atoms with Crippen molar-refractivity contribution in [2.75, 3.05) is 0 Å². The molecule has 0 saturated heterocycles. The van der Waals surface area contributed by atoms with E-state index in [9.17, 15) is 0 Å². The van der Waals surface area contributed by atoms with Gasteiger partial charge in [-0.1, -0.05) is 36.4 Å². The Morgan fingerprint density at radius 2 is 0.700 bits per heavy atom. The molecule has 0 unspecified atom stereocenters. The second-order valence-corrected chi connectivity index (χ2v) is 5.72. The van der Waals surface area contributed by atoms with Crippen molar-refractivity contribution >= 4 is 24.4 Å². The Labute approximate surface area is 141 Å². The van der Waals surface area contributed by atoms with Crippen LogP contribution in [0.15, 0.2) is 60.7 Å². The molecule has 0 N–H and O–H groups in total. The Morgan fingerprint density at radius 3 is 0.950 bits per heavy atom. The molecule has 0 amide bonds. The van der Waals surface area contributed by atoms with Crippen LogP contribution in [0.5, 0.6) is 0 Å². The van der Waals surface area contributed by atoms with Gasteiger partial charge in [-0.3, -0.25) is 0 Å². The van der Waals surface area contributed by atoms with Gasteiger partial charge in [0.05, 0.1) is 0 Å². The molecule has 0 spiro atoms. The van der Waals surface area contributed by atoms with Gasteiger partial charge in [0.15, 0.2) is 7.14 Å². The first-order chi connectivity index (χ1) is 6.45. The van der Waals surface area contributed by atoms with Crippen LogP contribution in [0.1, 0.15) is 0 Å². The normalized spacial score (nSPS) is 6.40. The summed E-state index contributed by atoms with van der Waals surface area (Å²) in [5.74, 6) is 0. The number of benzene rings is 2. The maximum absolute atomic E-state index is 2.21. The SMILES string of the molecule is [F-].[F-].[F-].[F-].[F-].[F-].[Sb+5].c1ccc([I+]c2ccccc2)cc1. The van der Waals surface area contributed by atoms with Crippen molar-refractivity contribution < 1.29 is 49.4 Å². The van der Waals surface area contributed by atoms with E-state index in [1.165, 1.54) is 7.14 Å². The molecule has 0 aromatic heterocycles. The van der Waals surface area contributed by atoms with Gasteiger partial charge in [-0.2, -0.15) is 0 Å². The minimum Gasteiger partial charge on any atom is -1.00 e. The van der Waals surface area contributed by atoms with E-state index in [1.807, 2.05) is 0 Å². The average molecular weight is 517 g/mol. The minimum atomic E-state index is 0. The van der Waals surface area contributed by atoms with E-state index in [2.05, 4.69) is 60.7 Å². The molecule has 0 aliphatic heterocycles. The molecule has 0 nitrogen and oxygen atoms in total. The topological polar surface area (TPSA) is 0 Å². The summed E-state index contributed by atoms with van der Waals surface area (Å²) >= 11 is 0.0287. The zero-order valence-electron chi connectivity index (χ0n) is 9.87. The maximum atomic E-state index is 2.21. The van der Waals surface area contributed by atoms with Gasteiger partial charge in [-0.25, -0.2) is 0 Å². The molecule has 0 fully saturated rings. The molecule has 20 heavy (non-hydrogen) atoms. The third kappa shape index (κ3) is 12.6. The maximum Gasteiger partial charge on any atom is 5.00 e. The van der Waals surface area contributed by atoms with Crippen LogP contribution in [0.25, 0.3) is 0 Å². The summed E-state index contributed by atoms with van der Waals surface area (Å²) in [6.45, 7) is 0. The fourth-order valence-corrected chi connectivity index (χ4v) is 3.35. The summed E-state index contributed by atoms with van der Waals surface area (Å²) in [4.78, 5) is 0. The van der Waals surface area contributed by atoms with Crippen molar-refractivity contribution in [2.24, 2.45) is 0 Å². The number of rotatable bonds is 2. The Hall–Kier alpha value is -0.432. The fourth-order valence-electron chi connectivity index (χ4n) is 1.08. The Kier molecular flexibility index (Phi) is 38.3. The average Bonchev–Trinajstić information content (AvgIpc) is 2.21. The number of halogens is 7. The zero-order chi connectivity index (χ0) is 8.93. The standard InChI is InChI=1S/C12H10I.6FH.Sb/c1-3-7-11(8-4-1)13-12-9-5-2-6-10-12;;;;;;;/h1-10H;6*1H;/q+1;;;;;;;+5/p-6. The summed E-state index contributed by atoms with van der Waals surface area (Å²) in [6, 6.07) is 21.4. The molecule has 2 aromatic rings. The summed E-state index contributed by atoms with van der Waals surface area (Å²) in [6.07, 6.45) is 0. The Balaban J connectivity index is -0.0000000700. The van der Waals surface area contributed by atoms with Crippen molar-refractivity contribution in [3.8, 4) is 0 Å². The zero-order valence-corrected chi connectivity index (χ0v) is 14.6. The molecule has 0 atom stereocenters. The van der Waals surface area contributed by atoms with E-state index < -0.39 is 0 Å². The van der Waals surface area contributed by atoms with Crippen molar-refractivity contribution in [2.45, 2.75) is 0 Å². The molecule has 0 aliphatic carbocycles. The van der Waals surface area contributed by atoms with E-state index in [1.54, 1.807) is 0 Å². The second kappa shape index (κ2) is 20.9. The van der Waals surface area contributed by atoms with Gasteiger partial charge in [0.2, 0.25) is 0 Å². The van der Waals surface area contributed by atoms with Gasteiger partial charge in [0, 0.05) is 0 Å². The Bertz CT molecular complexity index is 339. The smallest absolute Gasteiger partial charge is 1.00 e. The van der Waals surface area contributed by atoms with E-state index in [-0.39, 0.29) is 73.9 Å². The van der Waals surface area contributed by atoms with Crippen LogP contribution in [0.4, 0.5) is 0 Å². The van der Waals surface area contributed by atoms with Gasteiger partial charge >= 0.3 is 45.6 Å². The third-order valence-electron chi connectivity index (χ3n) is 1.68. The largest absolute Gasteiger partial charge is 5.00 e. The van der Waals surface area contributed by atoms with Crippen molar-refractivity contribution in [3.05, 3.63) is 67.8 Å². The molecule has 112 valence electrons. The molecule has 8 heteroatoms. The summed E-state index contributed by atoms with van der Waals surface area (Å²) in [5, 5.41) is 0. The molecule has 0 radical (unpaired) electrons. The predicted octanol–water partition coefficient (Wildman–Crippen LogP) is -18.5. The molecular formula is C12H10F6ISb.